The molecule has 17 heavy (non-hydrogen) atoms. The number of rotatable bonds is 3. The molecule has 2 rings (SSSR count). The third-order valence-electron chi connectivity index (χ3n) is 2.92. The van der Waals surface area contributed by atoms with Gasteiger partial charge in [-0.3, -0.25) is 0 Å². The Morgan fingerprint density at radius 2 is 2.12 bits per heavy atom. The predicted molar refractivity (Wildman–Crippen MR) is 71.9 cm³/mol. The van der Waals surface area contributed by atoms with E-state index < -0.39 is 0 Å². The van der Waals surface area contributed by atoms with Crippen LogP contribution in [0, 0.1) is 5.92 Å². The Balaban J connectivity index is 2.19. The van der Waals surface area contributed by atoms with Gasteiger partial charge in [0.1, 0.15) is 11.5 Å². The first kappa shape index (κ1) is 12.6. The molecule has 2 atom stereocenters. The molecule has 0 aromatic heterocycles. The third-order valence-corrected chi connectivity index (χ3v) is 4.44. The number of methoxy groups -OCH3 is 2. The summed E-state index contributed by atoms with van der Waals surface area (Å²) in [6.07, 6.45) is 0. The fourth-order valence-corrected chi connectivity index (χ4v) is 3.15. The van der Waals surface area contributed by atoms with E-state index in [2.05, 4.69) is 18.3 Å². The quantitative estimate of drug-likeness (QED) is 0.897. The molecule has 1 aromatic carbocycles. The van der Waals surface area contributed by atoms with E-state index in [-0.39, 0.29) is 0 Å². The molecule has 1 aliphatic rings. The van der Waals surface area contributed by atoms with Crippen molar-refractivity contribution in [3.8, 4) is 11.5 Å². The molecule has 0 saturated carbocycles. The van der Waals surface area contributed by atoms with Crippen LogP contribution in [0.2, 0.25) is 0 Å². The highest BCUT2D eigenvalue weighted by molar-refractivity contribution is 7.99. The topological polar surface area (TPSA) is 30.5 Å². The molecule has 94 valence electrons. The Morgan fingerprint density at radius 3 is 2.71 bits per heavy atom. The lowest BCUT2D eigenvalue weighted by Gasteiger charge is -2.28. The van der Waals surface area contributed by atoms with Crippen LogP contribution in [0.3, 0.4) is 0 Å². The lowest BCUT2D eigenvalue weighted by molar-refractivity contribution is 0.388. The molecule has 0 amide bonds. The molecular weight excluding hydrogens is 234 g/mol. The number of benzene rings is 1. The Hall–Kier alpha value is -0.870. The maximum absolute atomic E-state index is 5.43. The average molecular weight is 253 g/mol. The molecule has 1 N–H and O–H groups in total. The second-order valence-electron chi connectivity index (χ2n) is 4.33. The highest BCUT2D eigenvalue weighted by atomic mass is 32.2. The van der Waals surface area contributed by atoms with Crippen LogP contribution >= 0.6 is 11.8 Å². The summed E-state index contributed by atoms with van der Waals surface area (Å²) in [7, 11) is 3.37. The van der Waals surface area contributed by atoms with E-state index in [1.54, 1.807) is 14.2 Å². The molecular formula is C13H19NO2S. The third kappa shape index (κ3) is 2.87. The first-order valence-electron chi connectivity index (χ1n) is 5.81. The standard InChI is InChI=1S/C13H19NO2S/c1-9-7-14-13(17-8-9)11-5-4-10(15-2)6-12(11)16-3/h4-6,9,13-14H,7-8H2,1-3H3. The summed E-state index contributed by atoms with van der Waals surface area (Å²) in [6, 6.07) is 6.01. The number of ether oxygens (including phenoxy) is 2. The van der Waals surface area contributed by atoms with Crippen LogP contribution < -0.4 is 14.8 Å². The average Bonchev–Trinajstić information content (AvgIpc) is 2.39. The van der Waals surface area contributed by atoms with Crippen LogP contribution in [0.25, 0.3) is 0 Å². The smallest absolute Gasteiger partial charge is 0.128 e. The minimum Gasteiger partial charge on any atom is -0.497 e. The Morgan fingerprint density at radius 1 is 1.29 bits per heavy atom. The molecule has 1 aromatic rings. The highest BCUT2D eigenvalue weighted by Crippen LogP contribution is 2.37. The predicted octanol–water partition coefficient (Wildman–Crippen LogP) is 2.67. The summed E-state index contributed by atoms with van der Waals surface area (Å²) in [5.74, 6) is 3.65. The van der Waals surface area contributed by atoms with Gasteiger partial charge in [0, 0.05) is 11.6 Å². The van der Waals surface area contributed by atoms with Gasteiger partial charge < -0.3 is 14.8 Å². The van der Waals surface area contributed by atoms with Crippen molar-refractivity contribution < 1.29 is 9.47 Å². The van der Waals surface area contributed by atoms with Gasteiger partial charge in [-0.15, -0.1) is 11.8 Å². The van der Waals surface area contributed by atoms with Gasteiger partial charge in [-0.05, 0) is 30.3 Å². The van der Waals surface area contributed by atoms with Crippen molar-refractivity contribution in [3.05, 3.63) is 23.8 Å². The lowest BCUT2D eigenvalue weighted by atomic mass is 10.1. The van der Waals surface area contributed by atoms with Crippen molar-refractivity contribution in [3.63, 3.8) is 0 Å². The molecule has 4 heteroatoms. The van der Waals surface area contributed by atoms with Gasteiger partial charge >= 0.3 is 0 Å². The number of nitrogens with one attached hydrogen (secondary N) is 1. The maximum Gasteiger partial charge on any atom is 0.128 e. The Bertz CT molecular complexity index is 376. The second-order valence-corrected chi connectivity index (χ2v) is 5.47. The molecule has 2 unspecified atom stereocenters. The minimum atomic E-state index is 0.326. The highest BCUT2D eigenvalue weighted by Gasteiger charge is 2.22. The van der Waals surface area contributed by atoms with Crippen LogP contribution in [0.5, 0.6) is 11.5 Å². The van der Waals surface area contributed by atoms with Crippen LogP contribution in [-0.2, 0) is 0 Å². The molecule has 1 saturated heterocycles. The van der Waals surface area contributed by atoms with Crippen molar-refractivity contribution in [1.82, 2.24) is 5.32 Å². The maximum atomic E-state index is 5.43. The van der Waals surface area contributed by atoms with Crippen LogP contribution in [0.1, 0.15) is 17.9 Å². The Kier molecular flexibility index (Phi) is 4.18. The summed E-state index contributed by atoms with van der Waals surface area (Å²) in [4.78, 5) is 0. The molecule has 3 nitrogen and oxygen atoms in total. The fraction of sp³-hybridized carbons (Fsp3) is 0.538. The van der Waals surface area contributed by atoms with E-state index in [1.165, 1.54) is 11.3 Å². The van der Waals surface area contributed by atoms with E-state index in [1.807, 2.05) is 23.9 Å². The first-order valence-corrected chi connectivity index (χ1v) is 6.86. The molecule has 1 aliphatic heterocycles. The van der Waals surface area contributed by atoms with E-state index in [4.69, 9.17) is 9.47 Å². The zero-order valence-electron chi connectivity index (χ0n) is 10.5. The molecule has 1 heterocycles. The zero-order chi connectivity index (χ0) is 12.3. The Labute approximate surface area is 107 Å². The van der Waals surface area contributed by atoms with Gasteiger partial charge in [0.15, 0.2) is 0 Å². The second kappa shape index (κ2) is 5.65. The van der Waals surface area contributed by atoms with Crippen LogP contribution in [0.15, 0.2) is 18.2 Å². The van der Waals surface area contributed by atoms with Gasteiger partial charge in [-0.1, -0.05) is 6.92 Å². The first-order chi connectivity index (χ1) is 8.24. The van der Waals surface area contributed by atoms with Crippen molar-refractivity contribution in [1.29, 1.82) is 0 Å². The van der Waals surface area contributed by atoms with Crippen LogP contribution in [0.4, 0.5) is 0 Å². The SMILES string of the molecule is COc1ccc(C2NCC(C)CS2)c(OC)c1. The van der Waals surface area contributed by atoms with E-state index in [9.17, 15) is 0 Å². The summed E-state index contributed by atoms with van der Waals surface area (Å²) in [6.45, 7) is 3.33. The van der Waals surface area contributed by atoms with E-state index in [0.29, 0.717) is 5.37 Å². The summed E-state index contributed by atoms with van der Waals surface area (Å²) < 4.78 is 10.6. The van der Waals surface area contributed by atoms with Crippen molar-refractivity contribution >= 4 is 11.8 Å². The van der Waals surface area contributed by atoms with Gasteiger partial charge in [0.2, 0.25) is 0 Å². The van der Waals surface area contributed by atoms with E-state index >= 15 is 0 Å². The normalized spacial score (nSPS) is 24.4. The number of hydrogen-bond donors (Lipinski definition) is 1. The summed E-state index contributed by atoms with van der Waals surface area (Å²) >= 11 is 1.94. The largest absolute Gasteiger partial charge is 0.497 e. The van der Waals surface area contributed by atoms with Crippen molar-refractivity contribution in [2.24, 2.45) is 5.92 Å². The molecule has 0 aliphatic carbocycles. The van der Waals surface area contributed by atoms with E-state index in [0.717, 1.165) is 24.0 Å². The lowest BCUT2D eigenvalue weighted by Crippen LogP contribution is -2.31. The van der Waals surface area contributed by atoms with Gasteiger partial charge in [0.05, 0.1) is 19.6 Å². The molecule has 1 fully saturated rings. The van der Waals surface area contributed by atoms with Crippen molar-refractivity contribution in [2.45, 2.75) is 12.3 Å². The van der Waals surface area contributed by atoms with Crippen LogP contribution in [-0.4, -0.2) is 26.5 Å². The summed E-state index contributed by atoms with van der Waals surface area (Å²) in [5.41, 5.74) is 1.20. The van der Waals surface area contributed by atoms with Crippen molar-refractivity contribution in [2.75, 3.05) is 26.5 Å². The van der Waals surface area contributed by atoms with Gasteiger partial charge in [0.25, 0.3) is 0 Å². The number of hydrogen-bond acceptors (Lipinski definition) is 4. The zero-order valence-corrected chi connectivity index (χ0v) is 11.3. The summed E-state index contributed by atoms with van der Waals surface area (Å²) in [5, 5.41) is 3.87. The molecule has 0 bridgehead atoms. The number of thioether (sulfide) groups is 1. The molecule has 0 radical (unpaired) electrons. The monoisotopic (exact) mass is 253 g/mol. The minimum absolute atomic E-state index is 0.326. The van der Waals surface area contributed by atoms with Gasteiger partial charge in [-0.2, -0.15) is 0 Å². The van der Waals surface area contributed by atoms with Gasteiger partial charge in [-0.25, -0.2) is 0 Å². The fourth-order valence-electron chi connectivity index (χ4n) is 1.92. The molecule has 0 spiro atoms.